The number of rotatable bonds is 0. The molecule has 0 saturated carbocycles. The van der Waals surface area contributed by atoms with Crippen LogP contribution in [-0.2, 0) is 16.8 Å². The molecular weight excluding hydrogens is 218 g/mol. The molecule has 1 aromatic heterocycles. The zero-order valence-corrected chi connectivity index (χ0v) is 10.8. The molecular formula is C13H19NOS. The highest BCUT2D eigenvalue weighted by atomic mass is 32.1. The quantitative estimate of drug-likeness (QED) is 0.749. The van der Waals surface area contributed by atoms with E-state index in [0.29, 0.717) is 6.04 Å². The first-order valence-corrected chi connectivity index (χ1v) is 6.98. The van der Waals surface area contributed by atoms with Gasteiger partial charge >= 0.3 is 0 Å². The second-order valence-electron chi connectivity index (χ2n) is 5.10. The second kappa shape index (κ2) is 3.83. The number of ether oxygens (including phenoxy) is 1. The van der Waals surface area contributed by atoms with Crippen LogP contribution in [0.1, 0.15) is 35.1 Å². The summed E-state index contributed by atoms with van der Waals surface area (Å²) in [5, 5.41) is 3.51. The average molecular weight is 237 g/mol. The van der Waals surface area contributed by atoms with Crippen LogP contribution in [0.25, 0.3) is 0 Å². The predicted octanol–water partition coefficient (Wildman–Crippen LogP) is 2.60. The molecule has 16 heavy (non-hydrogen) atoms. The van der Waals surface area contributed by atoms with Gasteiger partial charge in [-0.2, -0.15) is 0 Å². The van der Waals surface area contributed by atoms with Gasteiger partial charge in [-0.25, -0.2) is 0 Å². The van der Waals surface area contributed by atoms with E-state index in [1.54, 1.807) is 4.88 Å². The van der Waals surface area contributed by atoms with Crippen molar-refractivity contribution in [1.29, 1.82) is 0 Å². The van der Waals surface area contributed by atoms with Gasteiger partial charge in [-0.05, 0) is 44.9 Å². The first-order valence-electron chi connectivity index (χ1n) is 6.17. The summed E-state index contributed by atoms with van der Waals surface area (Å²) < 4.78 is 6.18. The summed E-state index contributed by atoms with van der Waals surface area (Å²) in [6, 6.07) is 2.93. The third-order valence-corrected chi connectivity index (χ3v) is 4.90. The molecule has 1 saturated heterocycles. The Kier molecular flexibility index (Phi) is 2.57. The van der Waals surface area contributed by atoms with Crippen LogP contribution in [0.15, 0.2) is 6.07 Å². The summed E-state index contributed by atoms with van der Waals surface area (Å²) in [4.78, 5) is 3.00. The minimum absolute atomic E-state index is 0.0308. The van der Waals surface area contributed by atoms with Crippen LogP contribution < -0.4 is 5.32 Å². The van der Waals surface area contributed by atoms with Crippen molar-refractivity contribution in [2.45, 2.75) is 44.8 Å². The maximum absolute atomic E-state index is 6.18. The van der Waals surface area contributed by atoms with Gasteiger partial charge in [0.05, 0.1) is 12.2 Å². The van der Waals surface area contributed by atoms with Crippen LogP contribution in [0, 0.1) is 6.92 Å². The average Bonchev–Trinajstić information content (AvgIpc) is 2.60. The third-order valence-electron chi connectivity index (χ3n) is 3.79. The molecule has 0 amide bonds. The summed E-state index contributed by atoms with van der Waals surface area (Å²) in [6.45, 7) is 6.45. The van der Waals surface area contributed by atoms with Gasteiger partial charge in [0, 0.05) is 22.2 Å². The van der Waals surface area contributed by atoms with Crippen molar-refractivity contribution >= 4 is 11.3 Å². The van der Waals surface area contributed by atoms with E-state index in [2.05, 4.69) is 25.2 Å². The summed E-state index contributed by atoms with van der Waals surface area (Å²) in [6.07, 6.45) is 3.36. The number of hydrogen-bond donors (Lipinski definition) is 1. The minimum Gasteiger partial charge on any atom is -0.370 e. The molecule has 1 N–H and O–H groups in total. The van der Waals surface area contributed by atoms with Gasteiger partial charge in [-0.15, -0.1) is 11.3 Å². The zero-order chi connectivity index (χ0) is 11.2. The monoisotopic (exact) mass is 237 g/mol. The van der Waals surface area contributed by atoms with Crippen molar-refractivity contribution in [2.24, 2.45) is 0 Å². The molecule has 2 aliphatic heterocycles. The van der Waals surface area contributed by atoms with E-state index in [1.165, 1.54) is 10.4 Å². The SMILES string of the molecule is Cc1cc2c(s1)CCO[C@@]21CCN[C@H](C)C1. The normalized spacial score (nSPS) is 34.0. The Morgan fingerprint density at radius 3 is 3.25 bits per heavy atom. The standard InChI is InChI=1S/C13H19NOS/c1-9-8-13(4-5-14-9)11-7-10(2)16-12(11)3-6-15-13/h7,9,14H,3-6,8H2,1-2H3/t9-,13-/m1/s1. The number of piperidine rings is 1. The van der Waals surface area contributed by atoms with Crippen molar-refractivity contribution < 1.29 is 4.74 Å². The van der Waals surface area contributed by atoms with Gasteiger partial charge in [-0.3, -0.25) is 0 Å². The molecule has 3 rings (SSSR count). The molecule has 2 aliphatic rings. The van der Waals surface area contributed by atoms with Crippen LogP contribution in [-0.4, -0.2) is 19.2 Å². The molecule has 1 spiro atoms. The summed E-state index contributed by atoms with van der Waals surface area (Å²) >= 11 is 1.96. The second-order valence-corrected chi connectivity index (χ2v) is 6.44. The van der Waals surface area contributed by atoms with Crippen LogP contribution in [0.5, 0.6) is 0 Å². The molecule has 0 aromatic carbocycles. The van der Waals surface area contributed by atoms with Gasteiger partial charge in [0.15, 0.2) is 0 Å². The Morgan fingerprint density at radius 2 is 2.44 bits per heavy atom. The fraction of sp³-hybridized carbons (Fsp3) is 0.692. The van der Waals surface area contributed by atoms with E-state index in [-0.39, 0.29) is 5.60 Å². The maximum Gasteiger partial charge on any atom is 0.0969 e. The summed E-state index contributed by atoms with van der Waals surface area (Å²) in [5.74, 6) is 0. The van der Waals surface area contributed by atoms with Crippen molar-refractivity contribution in [3.63, 3.8) is 0 Å². The molecule has 0 bridgehead atoms. The highest BCUT2D eigenvalue weighted by Crippen LogP contribution is 2.44. The van der Waals surface area contributed by atoms with Crippen molar-refractivity contribution in [3.05, 3.63) is 21.4 Å². The molecule has 0 unspecified atom stereocenters. The van der Waals surface area contributed by atoms with E-state index < -0.39 is 0 Å². The summed E-state index contributed by atoms with van der Waals surface area (Å²) in [5.41, 5.74) is 1.53. The molecule has 1 fully saturated rings. The van der Waals surface area contributed by atoms with Crippen molar-refractivity contribution in [3.8, 4) is 0 Å². The molecule has 0 aliphatic carbocycles. The number of aryl methyl sites for hydroxylation is 1. The number of nitrogens with one attached hydrogen (secondary N) is 1. The Labute approximate surface area is 101 Å². The van der Waals surface area contributed by atoms with Crippen LogP contribution >= 0.6 is 11.3 Å². The third kappa shape index (κ3) is 1.62. The fourth-order valence-corrected chi connectivity index (χ4v) is 4.22. The molecule has 2 nitrogen and oxygen atoms in total. The number of thiophene rings is 1. The molecule has 3 heteroatoms. The van der Waals surface area contributed by atoms with E-state index in [0.717, 1.165) is 32.4 Å². The highest BCUT2D eigenvalue weighted by molar-refractivity contribution is 7.12. The Morgan fingerprint density at radius 1 is 1.56 bits per heavy atom. The lowest BCUT2D eigenvalue weighted by Gasteiger charge is -2.43. The number of fused-ring (bicyclic) bond motifs is 2. The summed E-state index contributed by atoms with van der Waals surface area (Å²) in [7, 11) is 0. The highest BCUT2D eigenvalue weighted by Gasteiger charge is 2.41. The lowest BCUT2D eigenvalue weighted by atomic mass is 9.80. The largest absolute Gasteiger partial charge is 0.370 e. The first kappa shape index (κ1) is 10.8. The molecule has 3 heterocycles. The lowest BCUT2D eigenvalue weighted by Crippen LogP contribution is -2.48. The lowest BCUT2D eigenvalue weighted by molar-refractivity contribution is -0.0870. The van der Waals surface area contributed by atoms with Crippen molar-refractivity contribution in [2.75, 3.05) is 13.2 Å². The fourth-order valence-electron chi connectivity index (χ4n) is 3.12. The van der Waals surface area contributed by atoms with Gasteiger partial charge < -0.3 is 10.1 Å². The van der Waals surface area contributed by atoms with Gasteiger partial charge in [-0.1, -0.05) is 0 Å². The minimum atomic E-state index is 0.0308. The smallest absolute Gasteiger partial charge is 0.0969 e. The molecule has 88 valence electrons. The predicted molar refractivity (Wildman–Crippen MR) is 67.1 cm³/mol. The van der Waals surface area contributed by atoms with Gasteiger partial charge in [0.25, 0.3) is 0 Å². The van der Waals surface area contributed by atoms with Crippen LogP contribution in [0.3, 0.4) is 0 Å². The maximum atomic E-state index is 6.18. The van der Waals surface area contributed by atoms with Gasteiger partial charge in [0.2, 0.25) is 0 Å². The molecule has 2 atom stereocenters. The van der Waals surface area contributed by atoms with E-state index in [4.69, 9.17) is 4.74 Å². The van der Waals surface area contributed by atoms with Gasteiger partial charge in [0.1, 0.15) is 0 Å². The number of hydrogen-bond acceptors (Lipinski definition) is 3. The topological polar surface area (TPSA) is 21.3 Å². The van der Waals surface area contributed by atoms with Crippen LogP contribution in [0.4, 0.5) is 0 Å². The van der Waals surface area contributed by atoms with Crippen molar-refractivity contribution in [1.82, 2.24) is 5.32 Å². The first-order chi connectivity index (χ1) is 7.70. The Hall–Kier alpha value is -0.380. The van der Waals surface area contributed by atoms with Crippen LogP contribution in [0.2, 0.25) is 0 Å². The van der Waals surface area contributed by atoms with E-state index in [9.17, 15) is 0 Å². The van der Waals surface area contributed by atoms with E-state index in [1.807, 2.05) is 11.3 Å². The molecule has 1 aromatic rings. The Balaban J connectivity index is 2.02. The molecule has 0 radical (unpaired) electrons. The van der Waals surface area contributed by atoms with E-state index >= 15 is 0 Å². The Bertz CT molecular complexity index is 401. The zero-order valence-electron chi connectivity index (χ0n) is 10.0.